The van der Waals surface area contributed by atoms with Crippen LogP contribution in [0.15, 0.2) is 39.3 Å². The molecule has 4 unspecified atom stereocenters. The molecule has 2 aromatic carbocycles. The Morgan fingerprint density at radius 3 is 2.42 bits per heavy atom. The highest BCUT2D eigenvalue weighted by molar-refractivity contribution is 9.11. The molecule has 170 valence electrons. The maximum absolute atomic E-state index is 14.0. The van der Waals surface area contributed by atoms with Crippen LogP contribution in [0.1, 0.15) is 12.0 Å². The van der Waals surface area contributed by atoms with E-state index in [0.29, 0.717) is 30.9 Å². The molecule has 0 aromatic heterocycles. The molecule has 0 aliphatic carbocycles. The van der Waals surface area contributed by atoms with Gasteiger partial charge in [-0.15, -0.1) is 0 Å². The lowest BCUT2D eigenvalue weighted by Gasteiger charge is -2.36. The van der Waals surface area contributed by atoms with Crippen molar-refractivity contribution in [1.29, 1.82) is 0 Å². The molecule has 6 rings (SSSR count). The lowest BCUT2D eigenvalue weighted by Crippen LogP contribution is -2.54. The first kappa shape index (κ1) is 22.0. The number of hydrogen-bond donors (Lipinski definition) is 2. The Balaban J connectivity index is 1.58. The maximum atomic E-state index is 14.0. The van der Waals surface area contributed by atoms with E-state index in [2.05, 4.69) is 37.2 Å². The van der Waals surface area contributed by atoms with Gasteiger partial charge in [0.2, 0.25) is 11.8 Å². The molecule has 3 amide bonds. The summed E-state index contributed by atoms with van der Waals surface area (Å²) < 4.78 is 1.39. The number of carbonyl (C=O) groups is 3. The van der Waals surface area contributed by atoms with Crippen LogP contribution in [0.2, 0.25) is 10.0 Å². The molecule has 0 radical (unpaired) electrons. The topological polar surface area (TPSA) is 90.0 Å². The summed E-state index contributed by atoms with van der Waals surface area (Å²) in [6.45, 7) is 0.164. The van der Waals surface area contributed by atoms with Crippen LogP contribution in [0.3, 0.4) is 0 Å². The Morgan fingerprint density at radius 2 is 1.73 bits per heavy atom. The standard InChI is InChI=1S/C22H15Br2Cl2N3O4/c23-8-1-9(24)3-11(2-8)29-19(31)16-15-6-12(30)7-28(15)22(17(16)20(29)32)13-4-10(25)5-14(26)18(13)27-21(22)33/h1-5,12,15-17,30H,6-7H2,(H,27,33)/t12-,15?,16?,17?,22?/m0/s1. The van der Waals surface area contributed by atoms with Gasteiger partial charge in [0.25, 0.3) is 5.91 Å². The minimum atomic E-state index is -1.48. The third-order valence-corrected chi connectivity index (χ3v) is 8.58. The second-order valence-corrected chi connectivity index (χ2v) is 11.5. The zero-order valence-electron chi connectivity index (χ0n) is 16.7. The molecule has 1 spiro atoms. The van der Waals surface area contributed by atoms with Crippen molar-refractivity contribution in [2.75, 3.05) is 16.8 Å². The van der Waals surface area contributed by atoms with Crippen LogP contribution in [0.25, 0.3) is 0 Å². The van der Waals surface area contributed by atoms with Crippen LogP contribution in [0, 0.1) is 11.8 Å². The summed E-state index contributed by atoms with van der Waals surface area (Å²) in [5, 5.41) is 13.9. The summed E-state index contributed by atoms with van der Waals surface area (Å²) in [5.41, 5.74) is -0.226. The first-order valence-corrected chi connectivity index (χ1v) is 12.6. The Labute approximate surface area is 215 Å². The van der Waals surface area contributed by atoms with Gasteiger partial charge in [-0.2, -0.15) is 0 Å². The van der Waals surface area contributed by atoms with Crippen LogP contribution in [0.4, 0.5) is 11.4 Å². The Hall–Kier alpha value is -1.49. The number of fused-ring (bicyclic) bond motifs is 7. The first-order valence-electron chi connectivity index (χ1n) is 10.2. The Kier molecular flexibility index (Phi) is 4.84. The van der Waals surface area contributed by atoms with Gasteiger partial charge in [0.15, 0.2) is 0 Å². The molecular formula is C22H15Br2Cl2N3O4. The van der Waals surface area contributed by atoms with E-state index in [4.69, 9.17) is 23.2 Å². The minimum Gasteiger partial charge on any atom is -0.392 e. The smallest absolute Gasteiger partial charge is 0.250 e. The molecule has 5 atom stereocenters. The van der Waals surface area contributed by atoms with Gasteiger partial charge in [0.05, 0.1) is 34.3 Å². The number of benzene rings is 2. The van der Waals surface area contributed by atoms with Crippen molar-refractivity contribution in [2.45, 2.75) is 24.1 Å². The van der Waals surface area contributed by atoms with Gasteiger partial charge in [0.1, 0.15) is 5.54 Å². The number of nitrogens with zero attached hydrogens (tertiary/aromatic N) is 2. The Bertz CT molecular complexity index is 1270. The number of amides is 3. The highest BCUT2D eigenvalue weighted by Crippen LogP contribution is 2.61. The molecule has 4 aliphatic heterocycles. The lowest BCUT2D eigenvalue weighted by atomic mass is 9.75. The SMILES string of the molecule is O=C1C2C3C[C@H](O)CN3C3(C(=O)Nc4c(Cl)cc(Cl)cc43)C2C(=O)N1c1cc(Br)cc(Br)c1. The average molecular weight is 616 g/mol. The van der Waals surface area contributed by atoms with Crippen molar-refractivity contribution in [3.8, 4) is 0 Å². The fourth-order valence-electron chi connectivity index (χ4n) is 6.14. The van der Waals surface area contributed by atoms with Crippen molar-refractivity contribution in [3.05, 3.63) is 54.9 Å². The van der Waals surface area contributed by atoms with Crippen LogP contribution in [-0.4, -0.2) is 46.4 Å². The highest BCUT2D eigenvalue weighted by atomic mass is 79.9. The third-order valence-electron chi connectivity index (χ3n) is 7.15. The second-order valence-electron chi connectivity index (χ2n) is 8.78. The quantitative estimate of drug-likeness (QED) is 0.475. The van der Waals surface area contributed by atoms with Crippen molar-refractivity contribution < 1.29 is 19.5 Å². The predicted octanol–water partition coefficient (Wildman–Crippen LogP) is 3.92. The van der Waals surface area contributed by atoms with Gasteiger partial charge < -0.3 is 10.4 Å². The molecule has 11 heteroatoms. The summed E-state index contributed by atoms with van der Waals surface area (Å²) in [6.07, 6.45) is -0.439. The largest absolute Gasteiger partial charge is 0.392 e. The molecule has 33 heavy (non-hydrogen) atoms. The first-order chi connectivity index (χ1) is 15.6. The summed E-state index contributed by atoms with van der Waals surface area (Å²) >= 11 is 19.5. The number of rotatable bonds is 1. The third kappa shape index (κ3) is 2.78. The van der Waals surface area contributed by atoms with Crippen LogP contribution >= 0.6 is 55.1 Å². The summed E-state index contributed by atoms with van der Waals surface area (Å²) in [7, 11) is 0. The maximum Gasteiger partial charge on any atom is 0.250 e. The molecule has 0 bridgehead atoms. The number of carbonyl (C=O) groups excluding carboxylic acids is 3. The molecule has 2 aromatic rings. The van der Waals surface area contributed by atoms with E-state index in [9.17, 15) is 19.5 Å². The predicted molar refractivity (Wildman–Crippen MR) is 129 cm³/mol. The fourth-order valence-corrected chi connectivity index (χ4v) is 7.95. The van der Waals surface area contributed by atoms with Gasteiger partial charge in [-0.1, -0.05) is 55.1 Å². The molecule has 3 fully saturated rings. The zero-order chi connectivity index (χ0) is 23.4. The van der Waals surface area contributed by atoms with Gasteiger partial charge in [-0.05, 0) is 36.8 Å². The molecular weight excluding hydrogens is 601 g/mol. The Morgan fingerprint density at radius 1 is 1.03 bits per heavy atom. The minimum absolute atomic E-state index is 0.164. The van der Waals surface area contributed by atoms with E-state index in [-0.39, 0.29) is 23.9 Å². The number of nitrogens with one attached hydrogen (secondary N) is 1. The summed E-state index contributed by atoms with van der Waals surface area (Å²) in [6, 6.07) is 7.85. The number of aliphatic hydroxyl groups excluding tert-OH is 1. The molecule has 3 saturated heterocycles. The monoisotopic (exact) mass is 613 g/mol. The average Bonchev–Trinajstić information content (AvgIpc) is 3.37. The van der Waals surface area contributed by atoms with Crippen molar-refractivity contribution in [1.82, 2.24) is 4.90 Å². The van der Waals surface area contributed by atoms with Crippen molar-refractivity contribution >= 4 is 84.2 Å². The van der Waals surface area contributed by atoms with Crippen LogP contribution < -0.4 is 10.2 Å². The number of anilines is 2. The second kappa shape index (κ2) is 7.26. The van der Waals surface area contributed by atoms with E-state index in [1.165, 1.54) is 6.07 Å². The van der Waals surface area contributed by atoms with Crippen LogP contribution in [0.5, 0.6) is 0 Å². The van der Waals surface area contributed by atoms with Gasteiger partial charge in [-0.25, -0.2) is 4.90 Å². The van der Waals surface area contributed by atoms with Crippen molar-refractivity contribution in [2.24, 2.45) is 11.8 Å². The highest BCUT2D eigenvalue weighted by Gasteiger charge is 2.75. The molecule has 4 aliphatic rings. The zero-order valence-corrected chi connectivity index (χ0v) is 21.4. The molecule has 0 saturated carbocycles. The summed E-state index contributed by atoms with van der Waals surface area (Å²) in [5.74, 6) is -3.05. The van der Waals surface area contributed by atoms with E-state index in [1.807, 2.05) is 4.90 Å². The normalized spacial score (nSPS) is 32.5. The van der Waals surface area contributed by atoms with E-state index in [1.54, 1.807) is 24.3 Å². The molecule has 2 N–H and O–H groups in total. The van der Waals surface area contributed by atoms with Crippen LogP contribution in [-0.2, 0) is 19.9 Å². The van der Waals surface area contributed by atoms with E-state index >= 15 is 0 Å². The van der Waals surface area contributed by atoms with Crippen molar-refractivity contribution in [3.63, 3.8) is 0 Å². The van der Waals surface area contributed by atoms with Gasteiger partial charge in [0, 0.05) is 32.1 Å². The van der Waals surface area contributed by atoms with E-state index < -0.39 is 41.3 Å². The van der Waals surface area contributed by atoms with E-state index in [0.717, 1.165) is 4.90 Å². The number of halogens is 4. The van der Waals surface area contributed by atoms with Gasteiger partial charge in [-0.3, -0.25) is 19.3 Å². The molecule has 7 nitrogen and oxygen atoms in total. The molecule has 4 heterocycles. The number of aliphatic hydroxyl groups is 1. The fraction of sp³-hybridized carbons (Fsp3) is 0.318. The van der Waals surface area contributed by atoms with Gasteiger partial charge >= 0.3 is 0 Å². The number of imide groups is 1. The lowest BCUT2D eigenvalue weighted by molar-refractivity contribution is -0.135. The summed E-state index contributed by atoms with van der Waals surface area (Å²) in [4.78, 5) is 44.4. The number of hydrogen-bond acceptors (Lipinski definition) is 5.